The molecule has 2 nitrogen and oxygen atoms in total. The third kappa shape index (κ3) is 2.90. The lowest BCUT2D eigenvalue weighted by atomic mass is 10.0. The molecule has 27 heavy (non-hydrogen) atoms. The Balaban J connectivity index is 1.84. The number of aromatic nitrogens is 2. The van der Waals surface area contributed by atoms with Gasteiger partial charge in [0.25, 0.3) is 0 Å². The fourth-order valence-corrected chi connectivity index (χ4v) is 3.87. The standard InChI is InChI=1S/C24H15BrN2/c25-18-10-5-9-17(15-18)23-21-12-3-4-14-22(21)26-24(27-23)20-13-6-8-16-7-1-2-11-19(16)20/h1-15H. The summed E-state index contributed by atoms with van der Waals surface area (Å²) in [5, 5.41) is 3.41. The molecule has 0 fully saturated rings. The molecule has 0 N–H and O–H groups in total. The molecule has 0 saturated carbocycles. The van der Waals surface area contributed by atoms with Gasteiger partial charge in [-0.2, -0.15) is 0 Å². The maximum Gasteiger partial charge on any atom is 0.161 e. The smallest absolute Gasteiger partial charge is 0.161 e. The van der Waals surface area contributed by atoms with Crippen molar-refractivity contribution in [1.29, 1.82) is 0 Å². The minimum atomic E-state index is 0.750. The molecule has 5 aromatic rings. The fourth-order valence-electron chi connectivity index (χ4n) is 3.47. The molecule has 3 heteroatoms. The molecule has 0 amide bonds. The first kappa shape index (κ1) is 16.2. The molecule has 1 aromatic heterocycles. The van der Waals surface area contributed by atoms with Crippen molar-refractivity contribution in [2.75, 3.05) is 0 Å². The van der Waals surface area contributed by atoms with Gasteiger partial charge in [0.15, 0.2) is 5.82 Å². The third-order valence-corrected chi connectivity index (χ3v) is 5.23. The summed E-state index contributed by atoms with van der Waals surface area (Å²) in [6.45, 7) is 0. The molecule has 0 aliphatic carbocycles. The van der Waals surface area contributed by atoms with Crippen LogP contribution in [0.5, 0.6) is 0 Å². The summed E-state index contributed by atoms with van der Waals surface area (Å²) in [5.41, 5.74) is 4.02. The second-order valence-corrected chi connectivity index (χ2v) is 7.37. The summed E-state index contributed by atoms with van der Waals surface area (Å²) in [5.74, 6) is 0.750. The predicted molar refractivity (Wildman–Crippen MR) is 116 cm³/mol. The van der Waals surface area contributed by atoms with Gasteiger partial charge in [-0.3, -0.25) is 0 Å². The maximum atomic E-state index is 5.00. The number of hydrogen-bond donors (Lipinski definition) is 0. The lowest BCUT2D eigenvalue weighted by molar-refractivity contribution is 1.23. The minimum absolute atomic E-state index is 0.750. The minimum Gasteiger partial charge on any atom is -0.228 e. The van der Waals surface area contributed by atoms with Gasteiger partial charge in [0.2, 0.25) is 0 Å². The molecule has 0 unspecified atom stereocenters. The number of fused-ring (bicyclic) bond motifs is 2. The zero-order chi connectivity index (χ0) is 18.2. The van der Waals surface area contributed by atoms with Gasteiger partial charge in [-0.15, -0.1) is 0 Å². The number of nitrogens with zero attached hydrogens (tertiary/aromatic N) is 2. The Kier molecular flexibility index (Phi) is 3.95. The summed E-state index contributed by atoms with van der Waals surface area (Å²) >= 11 is 3.58. The van der Waals surface area contributed by atoms with Gasteiger partial charge >= 0.3 is 0 Å². The van der Waals surface area contributed by atoms with E-state index in [1.54, 1.807) is 0 Å². The molecular weight excluding hydrogens is 396 g/mol. The fraction of sp³-hybridized carbons (Fsp3) is 0. The van der Waals surface area contributed by atoms with Crippen molar-refractivity contribution in [3.8, 4) is 22.6 Å². The molecule has 0 bridgehead atoms. The summed E-state index contributed by atoms with van der Waals surface area (Å²) in [4.78, 5) is 9.88. The van der Waals surface area contributed by atoms with Gasteiger partial charge in [-0.05, 0) is 29.0 Å². The zero-order valence-electron chi connectivity index (χ0n) is 14.4. The monoisotopic (exact) mass is 410 g/mol. The van der Waals surface area contributed by atoms with Gasteiger partial charge in [0, 0.05) is 21.0 Å². The summed E-state index contributed by atoms with van der Waals surface area (Å²) in [7, 11) is 0. The van der Waals surface area contributed by atoms with Crippen LogP contribution in [-0.2, 0) is 0 Å². The normalized spacial score (nSPS) is 11.1. The van der Waals surface area contributed by atoms with Crippen LogP contribution in [0.1, 0.15) is 0 Å². The highest BCUT2D eigenvalue weighted by atomic mass is 79.9. The van der Waals surface area contributed by atoms with E-state index in [1.807, 2.05) is 30.3 Å². The van der Waals surface area contributed by atoms with E-state index < -0.39 is 0 Å². The summed E-state index contributed by atoms with van der Waals surface area (Å²) in [6.07, 6.45) is 0. The molecule has 4 aromatic carbocycles. The van der Waals surface area contributed by atoms with Crippen molar-refractivity contribution in [2.24, 2.45) is 0 Å². The topological polar surface area (TPSA) is 25.8 Å². The Morgan fingerprint density at radius 3 is 2.26 bits per heavy atom. The molecule has 128 valence electrons. The Hall–Kier alpha value is -3.04. The van der Waals surface area contributed by atoms with Crippen molar-refractivity contribution >= 4 is 37.6 Å². The maximum absolute atomic E-state index is 5.00. The van der Waals surface area contributed by atoms with Crippen LogP contribution in [0.4, 0.5) is 0 Å². The van der Waals surface area contributed by atoms with Crippen LogP contribution in [0.2, 0.25) is 0 Å². The van der Waals surface area contributed by atoms with Crippen LogP contribution >= 0.6 is 15.9 Å². The molecule has 0 aliphatic rings. The first-order valence-corrected chi connectivity index (χ1v) is 9.60. The summed E-state index contributed by atoms with van der Waals surface area (Å²) < 4.78 is 1.04. The lowest BCUT2D eigenvalue weighted by Gasteiger charge is -2.11. The second-order valence-electron chi connectivity index (χ2n) is 6.45. The molecule has 0 saturated heterocycles. The Labute approximate surface area is 165 Å². The van der Waals surface area contributed by atoms with E-state index in [1.165, 1.54) is 5.39 Å². The highest BCUT2D eigenvalue weighted by Gasteiger charge is 2.13. The molecule has 0 atom stereocenters. The SMILES string of the molecule is Brc1cccc(-c2nc(-c3cccc4ccccc34)nc3ccccc23)c1. The lowest BCUT2D eigenvalue weighted by Crippen LogP contribution is -1.95. The van der Waals surface area contributed by atoms with Crippen molar-refractivity contribution in [3.63, 3.8) is 0 Å². The van der Waals surface area contributed by atoms with Gasteiger partial charge in [-0.25, -0.2) is 9.97 Å². The second kappa shape index (κ2) is 6.60. The molecule has 0 spiro atoms. The van der Waals surface area contributed by atoms with Crippen LogP contribution in [0.15, 0.2) is 95.5 Å². The first-order chi connectivity index (χ1) is 13.3. The van der Waals surface area contributed by atoms with Crippen molar-refractivity contribution in [2.45, 2.75) is 0 Å². The molecular formula is C24H15BrN2. The van der Waals surface area contributed by atoms with Crippen LogP contribution < -0.4 is 0 Å². The molecule has 0 radical (unpaired) electrons. The van der Waals surface area contributed by atoms with Gasteiger partial charge in [0.05, 0.1) is 11.2 Å². The van der Waals surface area contributed by atoms with Crippen LogP contribution in [0.25, 0.3) is 44.3 Å². The Bertz CT molecular complexity index is 1290. The Morgan fingerprint density at radius 1 is 0.630 bits per heavy atom. The van der Waals surface area contributed by atoms with Crippen LogP contribution in [-0.4, -0.2) is 9.97 Å². The van der Waals surface area contributed by atoms with Gasteiger partial charge in [0.1, 0.15) is 0 Å². The quantitative estimate of drug-likeness (QED) is 0.316. The summed E-state index contributed by atoms with van der Waals surface area (Å²) in [6, 6.07) is 31.1. The highest BCUT2D eigenvalue weighted by Crippen LogP contribution is 2.32. The number of rotatable bonds is 2. The molecule has 0 aliphatic heterocycles. The largest absolute Gasteiger partial charge is 0.228 e. The number of benzene rings is 4. The van der Waals surface area contributed by atoms with Gasteiger partial charge in [-0.1, -0.05) is 88.7 Å². The van der Waals surface area contributed by atoms with E-state index in [0.717, 1.165) is 43.4 Å². The number of hydrogen-bond acceptors (Lipinski definition) is 2. The highest BCUT2D eigenvalue weighted by molar-refractivity contribution is 9.10. The average Bonchev–Trinajstić information content (AvgIpc) is 2.72. The van der Waals surface area contributed by atoms with Crippen molar-refractivity contribution in [3.05, 3.63) is 95.5 Å². The van der Waals surface area contributed by atoms with E-state index in [4.69, 9.17) is 9.97 Å². The predicted octanol–water partition coefficient (Wildman–Crippen LogP) is 6.88. The third-order valence-electron chi connectivity index (χ3n) is 4.73. The number of para-hydroxylation sites is 1. The van der Waals surface area contributed by atoms with Gasteiger partial charge < -0.3 is 0 Å². The van der Waals surface area contributed by atoms with E-state index >= 15 is 0 Å². The van der Waals surface area contributed by atoms with Crippen molar-refractivity contribution < 1.29 is 0 Å². The van der Waals surface area contributed by atoms with Crippen LogP contribution in [0.3, 0.4) is 0 Å². The van der Waals surface area contributed by atoms with E-state index in [0.29, 0.717) is 0 Å². The van der Waals surface area contributed by atoms with Crippen molar-refractivity contribution in [1.82, 2.24) is 9.97 Å². The zero-order valence-corrected chi connectivity index (χ0v) is 16.0. The first-order valence-electron chi connectivity index (χ1n) is 8.80. The van der Waals surface area contributed by atoms with E-state index in [2.05, 4.69) is 76.6 Å². The van der Waals surface area contributed by atoms with E-state index in [-0.39, 0.29) is 0 Å². The van der Waals surface area contributed by atoms with E-state index in [9.17, 15) is 0 Å². The van der Waals surface area contributed by atoms with Crippen LogP contribution in [0, 0.1) is 0 Å². The molecule has 1 heterocycles. The Morgan fingerprint density at radius 2 is 1.37 bits per heavy atom. The number of halogens is 1. The molecule has 5 rings (SSSR count). The average molecular weight is 411 g/mol.